The van der Waals surface area contributed by atoms with Crippen LogP contribution in [0.25, 0.3) is 54.8 Å². The molecule has 1 saturated heterocycles. The molecule has 16 heteroatoms. The largest absolute Gasteiger partial charge is 0.507 e. The van der Waals surface area contributed by atoms with Gasteiger partial charge in [-0.05, 0) is 39.8 Å². The second-order valence-electron chi connectivity index (χ2n) is 12.0. The van der Waals surface area contributed by atoms with Crippen molar-refractivity contribution in [2.24, 2.45) is 0 Å². The number of phenols is 1. The average Bonchev–Trinajstić information content (AvgIpc) is 3.92. The Labute approximate surface area is 292 Å². The van der Waals surface area contributed by atoms with E-state index in [1.807, 2.05) is 58.3 Å². The van der Waals surface area contributed by atoms with Gasteiger partial charge in [-0.2, -0.15) is 10.2 Å². The summed E-state index contributed by atoms with van der Waals surface area (Å²) in [5.74, 6) is 2.64. The summed E-state index contributed by atoms with van der Waals surface area (Å²) in [7, 11) is 3.16. The third kappa shape index (κ3) is 6.10. The molecule has 0 amide bonds. The Bertz CT molecular complexity index is 2440. The van der Waals surface area contributed by atoms with Crippen LogP contribution in [0.2, 0.25) is 0 Å². The highest BCUT2D eigenvalue weighted by Gasteiger charge is 2.33. The van der Waals surface area contributed by atoms with E-state index in [0.717, 1.165) is 31.0 Å². The van der Waals surface area contributed by atoms with Crippen LogP contribution in [0, 0.1) is 13.8 Å². The van der Waals surface area contributed by atoms with Gasteiger partial charge in [0.25, 0.3) is 0 Å². The fourth-order valence-electron chi connectivity index (χ4n) is 5.65. The maximum atomic E-state index is 10.0. The third-order valence-corrected chi connectivity index (χ3v) is 9.59. The first-order valence-corrected chi connectivity index (χ1v) is 17.2. The van der Waals surface area contributed by atoms with Gasteiger partial charge in [0.05, 0.1) is 44.0 Å². The third-order valence-electron chi connectivity index (χ3n) is 7.92. The Kier molecular flexibility index (Phi) is 7.90. The summed E-state index contributed by atoms with van der Waals surface area (Å²) in [6, 6.07) is 10.7. The van der Waals surface area contributed by atoms with E-state index in [0.29, 0.717) is 64.2 Å². The van der Waals surface area contributed by atoms with Crippen LogP contribution < -0.4 is 14.2 Å². The molecule has 9 rings (SSSR count). The van der Waals surface area contributed by atoms with Gasteiger partial charge in [-0.25, -0.2) is 19.0 Å². The summed E-state index contributed by atoms with van der Waals surface area (Å²) in [4.78, 5) is 10.7. The number of aromatic nitrogens is 6. The maximum absolute atomic E-state index is 10.0. The average molecular weight is 717 g/mol. The number of hydrogen-bond acceptors (Lipinski definition) is 14. The normalized spacial score (nSPS) is 15.7. The van der Waals surface area contributed by atoms with E-state index in [2.05, 4.69) is 20.2 Å². The molecule has 1 atom stereocenters. The lowest BCUT2D eigenvalue weighted by atomic mass is 10.2. The van der Waals surface area contributed by atoms with Crippen molar-refractivity contribution in [3.05, 3.63) is 58.8 Å². The van der Waals surface area contributed by atoms with Crippen LogP contribution in [0.15, 0.2) is 57.6 Å². The number of phenolic OH excluding ortho intramolecular Hbond substituents is 1. The van der Waals surface area contributed by atoms with E-state index in [9.17, 15) is 5.11 Å². The van der Waals surface area contributed by atoms with Crippen LogP contribution in [0.3, 0.4) is 0 Å². The van der Waals surface area contributed by atoms with Gasteiger partial charge in [-0.1, -0.05) is 22.7 Å². The van der Waals surface area contributed by atoms with Crippen LogP contribution in [-0.2, 0) is 9.47 Å². The SMILES string of the molecule is COc1cc(O)c2cc(-c3cn4nc(C)sc4n3)oc2c1.COc1cc(OC[C@@H]2COC(C)(C)O2)c2cc(-c3cn4nc(C)sc4n3)oc2c1. The first-order chi connectivity index (χ1) is 24.0. The van der Waals surface area contributed by atoms with Gasteiger partial charge in [0.1, 0.15) is 68.3 Å². The number of furan rings is 2. The zero-order valence-electron chi connectivity index (χ0n) is 27.9. The molecule has 0 radical (unpaired) electrons. The number of aryl methyl sites for hydroxylation is 2. The molecule has 2 aromatic carbocycles. The fourth-order valence-corrected chi connectivity index (χ4v) is 7.10. The number of fused-ring (bicyclic) bond motifs is 4. The van der Waals surface area contributed by atoms with E-state index in [-0.39, 0.29) is 11.9 Å². The first-order valence-electron chi connectivity index (χ1n) is 15.6. The minimum absolute atomic E-state index is 0.120. The van der Waals surface area contributed by atoms with E-state index < -0.39 is 5.79 Å². The molecular weight excluding hydrogens is 685 g/mol. The van der Waals surface area contributed by atoms with E-state index in [4.69, 9.17) is 32.5 Å². The predicted molar refractivity (Wildman–Crippen MR) is 187 cm³/mol. The van der Waals surface area contributed by atoms with Gasteiger partial charge < -0.3 is 37.6 Å². The Morgan fingerprint density at radius 3 is 1.92 bits per heavy atom. The molecule has 0 bridgehead atoms. The minimum Gasteiger partial charge on any atom is -0.507 e. The monoisotopic (exact) mass is 716 g/mol. The number of nitrogens with zero attached hydrogens (tertiary/aromatic N) is 6. The molecule has 1 aliphatic rings. The number of methoxy groups -OCH3 is 2. The minimum atomic E-state index is -0.582. The van der Waals surface area contributed by atoms with Crippen molar-refractivity contribution in [3.63, 3.8) is 0 Å². The molecule has 14 nitrogen and oxygen atoms in total. The van der Waals surface area contributed by atoms with Gasteiger partial charge in [0, 0.05) is 24.3 Å². The van der Waals surface area contributed by atoms with Gasteiger partial charge in [0.2, 0.25) is 9.92 Å². The van der Waals surface area contributed by atoms with Crippen molar-refractivity contribution < 1.29 is 37.6 Å². The summed E-state index contributed by atoms with van der Waals surface area (Å²) in [6.45, 7) is 8.54. The molecule has 1 N–H and O–H groups in total. The lowest BCUT2D eigenvalue weighted by Gasteiger charge is -2.17. The lowest BCUT2D eigenvalue weighted by Crippen LogP contribution is -2.25. The van der Waals surface area contributed by atoms with E-state index in [1.54, 1.807) is 41.4 Å². The summed E-state index contributed by atoms with van der Waals surface area (Å²) < 4.78 is 43.3. The van der Waals surface area contributed by atoms with Gasteiger partial charge in [-0.15, -0.1) is 0 Å². The maximum Gasteiger partial charge on any atom is 0.212 e. The van der Waals surface area contributed by atoms with Crippen LogP contribution in [-0.4, -0.2) is 73.6 Å². The Morgan fingerprint density at radius 1 is 0.820 bits per heavy atom. The molecule has 1 fully saturated rings. The highest BCUT2D eigenvalue weighted by atomic mass is 32.1. The zero-order valence-corrected chi connectivity index (χ0v) is 29.5. The van der Waals surface area contributed by atoms with Crippen molar-refractivity contribution in [2.45, 2.75) is 39.6 Å². The molecule has 7 heterocycles. The second-order valence-corrected chi connectivity index (χ2v) is 14.3. The van der Waals surface area contributed by atoms with Gasteiger partial charge in [0.15, 0.2) is 17.3 Å². The number of benzene rings is 2. The Balaban J connectivity index is 0.000000152. The van der Waals surface area contributed by atoms with Crippen molar-refractivity contribution in [2.75, 3.05) is 27.4 Å². The number of rotatable bonds is 7. The summed E-state index contributed by atoms with van der Waals surface area (Å²) >= 11 is 3.05. The Hall–Kier alpha value is -5.16. The highest BCUT2D eigenvalue weighted by molar-refractivity contribution is 7.16. The molecule has 258 valence electrons. The van der Waals surface area contributed by atoms with Crippen molar-refractivity contribution >= 4 is 54.5 Å². The lowest BCUT2D eigenvalue weighted by molar-refractivity contribution is -0.141. The molecule has 6 aromatic heterocycles. The van der Waals surface area contributed by atoms with Crippen LogP contribution in [0.1, 0.15) is 23.9 Å². The quantitative estimate of drug-likeness (QED) is 0.176. The van der Waals surface area contributed by atoms with Crippen molar-refractivity contribution in [3.8, 4) is 45.9 Å². The Morgan fingerprint density at radius 2 is 1.38 bits per heavy atom. The first kappa shape index (κ1) is 32.1. The van der Waals surface area contributed by atoms with Crippen molar-refractivity contribution in [1.29, 1.82) is 0 Å². The number of ether oxygens (including phenoxy) is 5. The molecular formula is C34H32N6O8S2. The van der Waals surface area contributed by atoms with E-state index in [1.165, 1.54) is 22.7 Å². The summed E-state index contributed by atoms with van der Waals surface area (Å²) in [5.41, 5.74) is 2.63. The predicted octanol–water partition coefficient (Wildman–Crippen LogP) is 7.28. The topological polar surface area (TPSA) is 153 Å². The molecule has 1 aliphatic heterocycles. The van der Waals surface area contributed by atoms with Gasteiger partial charge in [-0.3, -0.25) is 0 Å². The molecule has 0 aliphatic carbocycles. The molecule has 0 saturated carbocycles. The zero-order chi connectivity index (χ0) is 34.7. The second kappa shape index (κ2) is 12.3. The highest BCUT2D eigenvalue weighted by Crippen LogP contribution is 2.38. The fraction of sp³-hybridized carbons (Fsp3) is 0.294. The smallest absolute Gasteiger partial charge is 0.212 e. The number of aromatic hydroxyl groups is 1. The summed E-state index contributed by atoms with van der Waals surface area (Å²) in [5, 5.41) is 22.1. The van der Waals surface area contributed by atoms with Gasteiger partial charge >= 0.3 is 0 Å². The standard InChI is InChI=1S/C20H21N3O5S.C14H11N3O3S/c1-11-22-23-8-15(21-19(23)29-11)18-7-14-16(5-12(24-4)6-17(14)27-18)25-9-13-10-26-20(2,3)28-13;1-7-16-17-6-10(15-14(17)21-7)13-5-9-11(18)3-8(19-2)4-12(9)20-13/h5-8,13H,9-10H2,1-4H3;3-6,18H,1-2H3/t13-;/m1./s1. The number of hydrogen-bond donors (Lipinski definition) is 1. The van der Waals surface area contributed by atoms with Crippen LogP contribution in [0.4, 0.5) is 0 Å². The van der Waals surface area contributed by atoms with Crippen molar-refractivity contribution in [1.82, 2.24) is 29.2 Å². The van der Waals surface area contributed by atoms with Crippen LogP contribution in [0.5, 0.6) is 23.0 Å². The molecule has 50 heavy (non-hydrogen) atoms. The van der Waals surface area contributed by atoms with Crippen LogP contribution >= 0.6 is 22.7 Å². The molecule has 0 spiro atoms. The number of imidazole rings is 2. The molecule has 8 aromatic rings. The molecule has 0 unspecified atom stereocenters. The summed E-state index contributed by atoms with van der Waals surface area (Å²) in [6.07, 6.45) is 3.54. The van der Waals surface area contributed by atoms with E-state index >= 15 is 0 Å².